The Bertz CT molecular complexity index is 495. The van der Waals surface area contributed by atoms with Crippen molar-refractivity contribution >= 4 is 23.6 Å². The van der Waals surface area contributed by atoms with Crippen molar-refractivity contribution in [3.8, 4) is 0 Å². The fraction of sp³-hybridized carbons (Fsp3) is 0.467. The minimum absolute atomic E-state index is 0.0198. The first kappa shape index (κ1) is 15.9. The van der Waals surface area contributed by atoms with E-state index in [0.717, 1.165) is 6.54 Å². The summed E-state index contributed by atoms with van der Waals surface area (Å²) >= 11 is 1.50. The molecule has 2 amide bonds. The number of carbonyl (C=O) groups excluding carboxylic acids is 2. The molecule has 0 aromatic heterocycles. The van der Waals surface area contributed by atoms with Gasteiger partial charge in [0, 0.05) is 25.0 Å². The second-order valence-electron chi connectivity index (χ2n) is 5.28. The van der Waals surface area contributed by atoms with Crippen LogP contribution >= 0.6 is 11.8 Å². The van der Waals surface area contributed by atoms with Crippen molar-refractivity contribution in [2.75, 3.05) is 31.6 Å². The van der Waals surface area contributed by atoms with Gasteiger partial charge in [-0.05, 0) is 11.8 Å². The molecule has 0 bridgehead atoms. The molecule has 5 nitrogen and oxygen atoms in total. The van der Waals surface area contributed by atoms with E-state index >= 15 is 0 Å². The first-order chi connectivity index (χ1) is 10.1. The van der Waals surface area contributed by atoms with E-state index in [1.54, 1.807) is 0 Å². The van der Waals surface area contributed by atoms with Gasteiger partial charge in [0.1, 0.15) is 0 Å². The number of thioether (sulfide) groups is 1. The maximum absolute atomic E-state index is 11.9. The lowest BCUT2D eigenvalue weighted by Crippen LogP contribution is -2.41. The Balaban J connectivity index is 2.10. The largest absolute Gasteiger partial charge is 0.369 e. The number of primary amides is 1. The lowest BCUT2D eigenvalue weighted by Gasteiger charge is -2.20. The molecule has 0 aliphatic carbocycles. The number of nitrogens with two attached hydrogens (primary N) is 1. The summed E-state index contributed by atoms with van der Waals surface area (Å²) in [7, 11) is 0. The minimum Gasteiger partial charge on any atom is -0.369 e. The van der Waals surface area contributed by atoms with Crippen LogP contribution in [0.25, 0.3) is 0 Å². The summed E-state index contributed by atoms with van der Waals surface area (Å²) in [6.45, 7) is 1.62. The highest BCUT2D eigenvalue weighted by atomic mass is 32.2. The molecule has 2 atom stereocenters. The van der Waals surface area contributed by atoms with Crippen LogP contribution < -0.4 is 11.1 Å². The van der Waals surface area contributed by atoms with E-state index in [9.17, 15) is 9.59 Å². The molecular weight excluding hydrogens is 286 g/mol. The van der Waals surface area contributed by atoms with E-state index < -0.39 is 0 Å². The molecule has 1 saturated heterocycles. The lowest BCUT2D eigenvalue weighted by molar-refractivity contribution is -0.119. The van der Waals surface area contributed by atoms with Gasteiger partial charge >= 0.3 is 0 Å². The topological polar surface area (TPSA) is 75.4 Å². The number of carbonyl (C=O) groups is 2. The maximum Gasteiger partial charge on any atom is 0.231 e. The van der Waals surface area contributed by atoms with Crippen LogP contribution in [0.5, 0.6) is 0 Å². The number of nitrogens with one attached hydrogen (secondary N) is 1. The van der Waals surface area contributed by atoms with E-state index in [4.69, 9.17) is 5.73 Å². The summed E-state index contributed by atoms with van der Waals surface area (Å²) in [6, 6.07) is 10.1. The van der Waals surface area contributed by atoms with Crippen LogP contribution in [0.2, 0.25) is 0 Å². The highest BCUT2D eigenvalue weighted by molar-refractivity contribution is 7.99. The van der Waals surface area contributed by atoms with Gasteiger partial charge in [0.2, 0.25) is 11.8 Å². The Labute approximate surface area is 129 Å². The molecule has 1 heterocycles. The fourth-order valence-electron chi connectivity index (χ4n) is 2.80. The predicted molar refractivity (Wildman–Crippen MR) is 85.1 cm³/mol. The standard InChI is InChI=1S/C15H21N3O2S/c1-21-10-15(20)17-13-8-18(9-14(16)19)7-12(13)11-5-3-2-4-6-11/h2-6,12-13H,7-10H2,1H3,(H2,16,19)(H,17,20)/t12-,13+/m0/s1. The van der Waals surface area contributed by atoms with E-state index in [1.165, 1.54) is 17.3 Å². The van der Waals surface area contributed by atoms with Gasteiger partial charge in [0.05, 0.1) is 12.3 Å². The summed E-state index contributed by atoms with van der Waals surface area (Å²) in [5, 5.41) is 3.08. The first-order valence-electron chi connectivity index (χ1n) is 6.94. The van der Waals surface area contributed by atoms with Crippen LogP contribution in [0.4, 0.5) is 0 Å². The van der Waals surface area contributed by atoms with Gasteiger partial charge in [0.25, 0.3) is 0 Å². The van der Waals surface area contributed by atoms with Gasteiger partial charge in [-0.2, -0.15) is 11.8 Å². The third-order valence-electron chi connectivity index (χ3n) is 3.62. The number of hydrogen-bond donors (Lipinski definition) is 2. The number of benzene rings is 1. The Morgan fingerprint density at radius 2 is 2.05 bits per heavy atom. The summed E-state index contributed by atoms with van der Waals surface area (Å²) in [5.41, 5.74) is 6.46. The molecule has 0 spiro atoms. The van der Waals surface area contributed by atoms with Gasteiger partial charge in [-0.1, -0.05) is 30.3 Å². The van der Waals surface area contributed by atoms with Crippen molar-refractivity contribution in [3.63, 3.8) is 0 Å². The van der Waals surface area contributed by atoms with Crippen LogP contribution in [0.15, 0.2) is 30.3 Å². The van der Waals surface area contributed by atoms with Gasteiger partial charge in [-0.25, -0.2) is 0 Å². The smallest absolute Gasteiger partial charge is 0.231 e. The first-order valence-corrected chi connectivity index (χ1v) is 8.33. The molecule has 0 radical (unpaired) electrons. The Hall–Kier alpha value is -1.53. The summed E-state index contributed by atoms with van der Waals surface area (Å²) in [5.74, 6) is 0.344. The number of rotatable bonds is 6. The summed E-state index contributed by atoms with van der Waals surface area (Å²) in [4.78, 5) is 25.0. The molecule has 6 heteroatoms. The zero-order chi connectivity index (χ0) is 15.2. The van der Waals surface area contributed by atoms with Gasteiger partial charge < -0.3 is 11.1 Å². The van der Waals surface area contributed by atoms with Crippen molar-refractivity contribution in [1.29, 1.82) is 0 Å². The normalized spacial score (nSPS) is 22.1. The maximum atomic E-state index is 11.9. The monoisotopic (exact) mass is 307 g/mol. The minimum atomic E-state index is -0.335. The predicted octanol–water partition coefficient (Wildman–Crippen LogP) is 0.419. The SMILES string of the molecule is CSCC(=O)N[C@@H]1CN(CC(N)=O)C[C@H]1c1ccccc1. The van der Waals surface area contributed by atoms with Gasteiger partial charge in [-0.15, -0.1) is 0 Å². The van der Waals surface area contributed by atoms with Crippen molar-refractivity contribution in [1.82, 2.24) is 10.2 Å². The van der Waals surface area contributed by atoms with Crippen LogP contribution in [0, 0.1) is 0 Å². The molecule has 0 unspecified atom stereocenters. The third-order valence-corrected chi connectivity index (χ3v) is 4.18. The van der Waals surface area contributed by atoms with Gasteiger partial charge in [0.15, 0.2) is 0 Å². The Morgan fingerprint density at radius 1 is 1.33 bits per heavy atom. The molecule has 2 rings (SSSR count). The summed E-state index contributed by atoms with van der Waals surface area (Å²) < 4.78 is 0. The number of amides is 2. The van der Waals surface area contributed by atoms with E-state index in [2.05, 4.69) is 17.4 Å². The van der Waals surface area contributed by atoms with Crippen molar-refractivity contribution < 1.29 is 9.59 Å². The second-order valence-corrected chi connectivity index (χ2v) is 6.15. The molecular formula is C15H21N3O2S. The molecule has 1 aliphatic heterocycles. The van der Waals surface area contributed by atoms with Crippen LogP contribution in [0.3, 0.4) is 0 Å². The van der Waals surface area contributed by atoms with Crippen LogP contribution in [-0.4, -0.2) is 54.4 Å². The zero-order valence-electron chi connectivity index (χ0n) is 12.1. The Kier molecular flexibility index (Phi) is 5.64. The Morgan fingerprint density at radius 3 is 2.67 bits per heavy atom. The van der Waals surface area contributed by atoms with Crippen molar-refractivity contribution in [3.05, 3.63) is 35.9 Å². The van der Waals surface area contributed by atoms with Crippen molar-refractivity contribution in [2.45, 2.75) is 12.0 Å². The number of nitrogens with zero attached hydrogens (tertiary/aromatic N) is 1. The van der Waals surface area contributed by atoms with E-state index in [0.29, 0.717) is 12.3 Å². The van der Waals surface area contributed by atoms with E-state index in [1.807, 2.05) is 29.4 Å². The molecule has 1 fully saturated rings. The molecule has 21 heavy (non-hydrogen) atoms. The highest BCUT2D eigenvalue weighted by Crippen LogP contribution is 2.27. The fourth-order valence-corrected chi connectivity index (χ4v) is 3.14. The number of likely N-dealkylation sites (tertiary alicyclic amines) is 1. The molecule has 0 saturated carbocycles. The average Bonchev–Trinajstić information content (AvgIpc) is 2.81. The average molecular weight is 307 g/mol. The van der Waals surface area contributed by atoms with E-state index in [-0.39, 0.29) is 30.3 Å². The molecule has 114 valence electrons. The second kappa shape index (κ2) is 7.47. The molecule has 1 aliphatic rings. The van der Waals surface area contributed by atoms with Crippen LogP contribution in [-0.2, 0) is 9.59 Å². The van der Waals surface area contributed by atoms with Gasteiger partial charge in [-0.3, -0.25) is 14.5 Å². The molecule has 3 N–H and O–H groups in total. The van der Waals surface area contributed by atoms with Crippen LogP contribution in [0.1, 0.15) is 11.5 Å². The van der Waals surface area contributed by atoms with Crippen molar-refractivity contribution in [2.24, 2.45) is 5.73 Å². The lowest BCUT2D eigenvalue weighted by atomic mass is 9.94. The summed E-state index contributed by atoms with van der Waals surface area (Å²) in [6.07, 6.45) is 1.91. The number of hydrogen-bond acceptors (Lipinski definition) is 4. The zero-order valence-corrected chi connectivity index (χ0v) is 12.9. The highest BCUT2D eigenvalue weighted by Gasteiger charge is 2.35. The molecule has 1 aromatic carbocycles. The quantitative estimate of drug-likeness (QED) is 0.799. The molecule has 1 aromatic rings. The third kappa shape index (κ3) is 4.47.